The second-order valence-corrected chi connectivity index (χ2v) is 1.54. The number of hydrogen-bond acceptors (Lipinski definition) is 4. The Balaban J connectivity index is -0.00000000800. The molecule has 0 aliphatic heterocycles. The van der Waals surface area contributed by atoms with Crippen molar-refractivity contribution in [2.24, 2.45) is 0 Å². The first-order valence-corrected chi connectivity index (χ1v) is 2.35. The molecule has 9 heteroatoms. The Kier molecular flexibility index (Phi) is 42.3. The Morgan fingerprint density at radius 2 is 1.00 bits per heavy atom. The van der Waals surface area contributed by atoms with Crippen molar-refractivity contribution in [3.63, 3.8) is 0 Å². The van der Waals surface area contributed by atoms with Crippen LogP contribution in [0.25, 0.3) is 0 Å². The average molecular weight is 173 g/mol. The van der Waals surface area contributed by atoms with Gasteiger partial charge in [0.05, 0.1) is 0 Å². The van der Waals surface area contributed by atoms with Crippen LogP contribution in [-0.4, -0.2) is 14.7 Å². The summed E-state index contributed by atoms with van der Waals surface area (Å²) in [6, 6.07) is 0. The van der Waals surface area contributed by atoms with Gasteiger partial charge in [-0.2, -0.15) is 0 Å². The van der Waals surface area contributed by atoms with Crippen molar-refractivity contribution in [1.82, 2.24) is 18.5 Å². The van der Waals surface area contributed by atoms with E-state index in [0.29, 0.717) is 0 Å². The smallest absolute Gasteiger partial charge is 1.00 e. The van der Waals surface area contributed by atoms with Crippen molar-refractivity contribution in [2.45, 2.75) is 0 Å². The molecule has 0 aromatic rings. The van der Waals surface area contributed by atoms with Crippen LogP contribution in [0.5, 0.6) is 0 Å². The Hall–Kier alpha value is 0.990. The van der Waals surface area contributed by atoms with Crippen molar-refractivity contribution in [1.29, 1.82) is 0 Å². The molecule has 0 atom stereocenters. The van der Waals surface area contributed by atoms with E-state index in [4.69, 9.17) is 19.2 Å². The van der Waals surface area contributed by atoms with Crippen LogP contribution in [0.1, 0.15) is 1.43 Å². The van der Waals surface area contributed by atoms with E-state index in [9.17, 15) is 0 Å². The first kappa shape index (κ1) is 32.4. The summed E-state index contributed by atoms with van der Waals surface area (Å²) in [6.45, 7) is 0. The van der Waals surface area contributed by atoms with Gasteiger partial charge in [-0.25, -0.2) is 4.57 Å². The molecule has 0 spiro atoms. The molecule has 0 aromatic carbocycles. The summed E-state index contributed by atoms with van der Waals surface area (Å²) < 4.78 is 8.88. The molecule has 58 valence electrons. The standard InChI is InChI=1S/3H3N.Na.H3O4P.H/c;;;;1-5(2,3)4;/h3*1H3;;(H3,1,2,3,4);/q;;;+1;;-1. The zero-order chi connectivity index (χ0) is 4.50. The number of rotatable bonds is 0. The van der Waals surface area contributed by atoms with Crippen molar-refractivity contribution >= 4 is 7.82 Å². The fraction of sp³-hybridized carbons (Fsp3) is 0. The summed E-state index contributed by atoms with van der Waals surface area (Å²) in [5, 5.41) is 0. The SMILES string of the molecule is N.N.N.O=P(O)(O)O.[H-].[Na+]. The molecule has 0 saturated carbocycles. The van der Waals surface area contributed by atoms with Gasteiger partial charge in [0.15, 0.2) is 0 Å². The quantitative estimate of drug-likeness (QED) is 0.163. The first-order chi connectivity index (χ1) is 2.00. The monoisotopic (exact) mass is 173 g/mol. The zero-order valence-electron chi connectivity index (χ0n) is 6.32. The molecule has 0 unspecified atom stereocenters. The molecule has 0 radical (unpaired) electrons. The zero-order valence-corrected chi connectivity index (χ0v) is 8.21. The summed E-state index contributed by atoms with van der Waals surface area (Å²) >= 11 is 0. The van der Waals surface area contributed by atoms with E-state index in [1.165, 1.54) is 0 Å². The summed E-state index contributed by atoms with van der Waals surface area (Å²) in [6.07, 6.45) is 0. The molecular formula is H13N3NaO4P. The van der Waals surface area contributed by atoms with E-state index in [0.717, 1.165) is 0 Å². The molecule has 0 saturated heterocycles. The Morgan fingerprint density at radius 1 is 1.00 bits per heavy atom. The second kappa shape index (κ2) is 11.7. The summed E-state index contributed by atoms with van der Waals surface area (Å²) in [7, 11) is -4.64. The van der Waals surface area contributed by atoms with E-state index in [1.54, 1.807) is 0 Å². The van der Waals surface area contributed by atoms with E-state index < -0.39 is 7.82 Å². The molecule has 0 aromatic heterocycles. The van der Waals surface area contributed by atoms with Gasteiger partial charge in [0.25, 0.3) is 0 Å². The van der Waals surface area contributed by atoms with E-state index >= 15 is 0 Å². The van der Waals surface area contributed by atoms with Gasteiger partial charge in [-0.1, -0.05) is 0 Å². The van der Waals surface area contributed by atoms with Crippen LogP contribution in [0.15, 0.2) is 0 Å². The molecule has 0 bridgehead atoms. The summed E-state index contributed by atoms with van der Waals surface area (Å²) in [5.74, 6) is 0. The molecular weight excluding hydrogens is 160 g/mol. The minimum absolute atomic E-state index is 0. The predicted octanol–water partition coefficient (Wildman–Crippen LogP) is -3.33. The fourth-order valence-electron chi connectivity index (χ4n) is 0. The van der Waals surface area contributed by atoms with Gasteiger partial charge in [0.2, 0.25) is 0 Å². The molecule has 0 heterocycles. The molecule has 0 rings (SSSR count). The topological polar surface area (TPSA) is 183 Å². The Morgan fingerprint density at radius 3 is 1.00 bits per heavy atom. The van der Waals surface area contributed by atoms with Gasteiger partial charge < -0.3 is 34.6 Å². The van der Waals surface area contributed by atoms with Crippen molar-refractivity contribution in [2.75, 3.05) is 0 Å². The molecule has 0 fully saturated rings. The minimum Gasteiger partial charge on any atom is -1.00 e. The van der Waals surface area contributed by atoms with Crippen LogP contribution in [0.2, 0.25) is 0 Å². The van der Waals surface area contributed by atoms with Crippen molar-refractivity contribution in [3.8, 4) is 0 Å². The van der Waals surface area contributed by atoms with Crippen LogP contribution < -0.4 is 48.0 Å². The largest absolute Gasteiger partial charge is 1.00 e. The number of phosphoric acid groups is 1. The maximum absolute atomic E-state index is 8.88. The normalized spacial score (nSPS) is 6.56. The molecule has 0 aliphatic carbocycles. The van der Waals surface area contributed by atoms with Crippen LogP contribution in [0.4, 0.5) is 0 Å². The summed E-state index contributed by atoms with van der Waals surface area (Å²) in [5.41, 5.74) is 0. The van der Waals surface area contributed by atoms with Crippen LogP contribution in [0, 0.1) is 0 Å². The van der Waals surface area contributed by atoms with Crippen molar-refractivity contribution < 1.29 is 50.2 Å². The first-order valence-electron chi connectivity index (χ1n) is 0.783. The third-order valence-electron chi connectivity index (χ3n) is 0. The second-order valence-electron chi connectivity index (χ2n) is 0.513. The van der Waals surface area contributed by atoms with E-state index in [2.05, 4.69) is 0 Å². The van der Waals surface area contributed by atoms with E-state index in [-0.39, 0.29) is 49.4 Å². The Bertz CT molecular complexity index is 66.6. The van der Waals surface area contributed by atoms with Gasteiger partial charge in [0, 0.05) is 0 Å². The number of hydrogen-bond donors (Lipinski definition) is 6. The molecule has 12 N–H and O–H groups in total. The fourth-order valence-corrected chi connectivity index (χ4v) is 0. The molecule has 0 amide bonds. The van der Waals surface area contributed by atoms with E-state index in [1.807, 2.05) is 0 Å². The Labute approximate surface area is 76.6 Å². The van der Waals surface area contributed by atoms with Crippen molar-refractivity contribution in [3.05, 3.63) is 0 Å². The summed E-state index contributed by atoms with van der Waals surface area (Å²) in [4.78, 5) is 21.6. The maximum Gasteiger partial charge on any atom is 1.00 e. The van der Waals surface area contributed by atoms with Gasteiger partial charge in [-0.05, 0) is 0 Å². The third kappa shape index (κ3) is 448. The average Bonchev–Trinajstić information content (AvgIpc) is 0.722. The third-order valence-corrected chi connectivity index (χ3v) is 0. The van der Waals surface area contributed by atoms with Crippen LogP contribution in [-0.2, 0) is 4.57 Å². The minimum atomic E-state index is -4.64. The molecule has 7 nitrogen and oxygen atoms in total. The maximum atomic E-state index is 8.88. The van der Waals surface area contributed by atoms with Gasteiger partial charge in [-0.3, -0.25) is 0 Å². The molecule has 0 aliphatic rings. The van der Waals surface area contributed by atoms with Crippen LogP contribution >= 0.6 is 7.82 Å². The van der Waals surface area contributed by atoms with Crippen LogP contribution in [0.3, 0.4) is 0 Å². The van der Waals surface area contributed by atoms with Gasteiger partial charge in [-0.15, -0.1) is 0 Å². The molecule has 9 heavy (non-hydrogen) atoms. The predicted molar refractivity (Wildman–Crippen MR) is 30.4 cm³/mol. The van der Waals surface area contributed by atoms with Gasteiger partial charge in [0.1, 0.15) is 0 Å². The van der Waals surface area contributed by atoms with Gasteiger partial charge >= 0.3 is 37.4 Å².